The lowest BCUT2D eigenvalue weighted by molar-refractivity contribution is 0.0954. The molecule has 2 aromatic carbocycles. The molecule has 0 saturated carbocycles. The molecule has 2 rings (SSSR count). The van der Waals surface area contributed by atoms with Crippen LogP contribution in [0.1, 0.15) is 36.7 Å². The Hall–Kier alpha value is -3.37. The van der Waals surface area contributed by atoms with Crippen molar-refractivity contribution in [3.63, 3.8) is 0 Å². The van der Waals surface area contributed by atoms with Crippen LogP contribution in [-0.2, 0) is 0 Å². The second-order valence-electron chi connectivity index (χ2n) is 5.78. The van der Waals surface area contributed by atoms with Gasteiger partial charge in [0.25, 0.3) is 5.91 Å². The molecule has 0 bridgehead atoms. The van der Waals surface area contributed by atoms with Gasteiger partial charge in [0, 0.05) is 5.56 Å². The van der Waals surface area contributed by atoms with Crippen LogP contribution in [0.2, 0.25) is 0 Å². The van der Waals surface area contributed by atoms with Gasteiger partial charge in [-0.05, 0) is 32.9 Å². The second-order valence-corrected chi connectivity index (χ2v) is 5.78. The highest BCUT2D eigenvalue weighted by Crippen LogP contribution is 2.39. The maximum atomic E-state index is 13.7. The number of ether oxygens (including phenoxy) is 3. The fourth-order valence-corrected chi connectivity index (χ4v) is 2.48. The standard InChI is InChI=1S/C20H19F5N2O4/c1-4-29-12-7-10(8-13(30-5-2)19(12)31-6-3)20(28)27-26-9-11-14(21)16(23)18(25)17(24)15(11)22/h7-9H,4-6H2,1-3H3,(H,27,28)/b26-9+. The van der Waals surface area contributed by atoms with E-state index in [0.29, 0.717) is 12.8 Å². The number of nitrogens with one attached hydrogen (secondary N) is 1. The Labute approximate surface area is 174 Å². The van der Waals surface area contributed by atoms with Gasteiger partial charge in [-0.2, -0.15) is 5.10 Å². The zero-order valence-corrected chi connectivity index (χ0v) is 16.8. The largest absolute Gasteiger partial charge is 0.490 e. The van der Waals surface area contributed by atoms with Gasteiger partial charge in [0.15, 0.2) is 34.8 Å². The number of hydrogen-bond donors (Lipinski definition) is 1. The van der Waals surface area contributed by atoms with E-state index in [-0.39, 0.29) is 36.0 Å². The van der Waals surface area contributed by atoms with E-state index in [2.05, 4.69) is 5.10 Å². The van der Waals surface area contributed by atoms with Gasteiger partial charge in [-0.25, -0.2) is 27.4 Å². The van der Waals surface area contributed by atoms with Crippen molar-refractivity contribution in [3.8, 4) is 17.2 Å². The minimum absolute atomic E-state index is 0.00934. The van der Waals surface area contributed by atoms with Gasteiger partial charge in [-0.3, -0.25) is 4.79 Å². The van der Waals surface area contributed by atoms with Crippen LogP contribution >= 0.6 is 0 Å². The van der Waals surface area contributed by atoms with Gasteiger partial charge in [0.2, 0.25) is 11.6 Å². The van der Waals surface area contributed by atoms with Crippen LogP contribution in [0.15, 0.2) is 17.2 Å². The zero-order valence-electron chi connectivity index (χ0n) is 16.8. The molecule has 0 fully saturated rings. The number of carbonyl (C=O) groups is 1. The number of hydrogen-bond acceptors (Lipinski definition) is 5. The van der Waals surface area contributed by atoms with Crippen LogP contribution in [0.25, 0.3) is 0 Å². The van der Waals surface area contributed by atoms with Crippen molar-refractivity contribution < 1.29 is 41.0 Å². The Morgan fingerprint density at radius 3 is 1.74 bits per heavy atom. The molecular weight excluding hydrogens is 427 g/mol. The first-order valence-electron chi connectivity index (χ1n) is 9.17. The van der Waals surface area contributed by atoms with E-state index in [0.717, 1.165) is 0 Å². The summed E-state index contributed by atoms with van der Waals surface area (Å²) in [7, 11) is 0. The highest BCUT2D eigenvalue weighted by Gasteiger charge is 2.25. The molecule has 31 heavy (non-hydrogen) atoms. The molecule has 6 nitrogen and oxygen atoms in total. The van der Waals surface area contributed by atoms with E-state index in [1.807, 2.05) is 5.43 Å². The summed E-state index contributed by atoms with van der Waals surface area (Å²) < 4.78 is 83.3. The number of rotatable bonds is 9. The predicted molar refractivity (Wildman–Crippen MR) is 101 cm³/mol. The van der Waals surface area contributed by atoms with Crippen LogP contribution in [0, 0.1) is 29.1 Å². The lowest BCUT2D eigenvalue weighted by atomic mass is 10.1. The third-order valence-electron chi connectivity index (χ3n) is 3.77. The first-order chi connectivity index (χ1) is 14.8. The molecule has 168 valence electrons. The summed E-state index contributed by atoms with van der Waals surface area (Å²) in [6.45, 7) is 6.01. The second kappa shape index (κ2) is 10.6. The van der Waals surface area contributed by atoms with Crippen molar-refractivity contribution in [1.29, 1.82) is 0 Å². The van der Waals surface area contributed by atoms with Crippen molar-refractivity contribution in [1.82, 2.24) is 5.43 Å². The normalized spacial score (nSPS) is 11.0. The Morgan fingerprint density at radius 1 is 0.839 bits per heavy atom. The molecule has 0 radical (unpaired) electrons. The first kappa shape index (κ1) is 23.9. The molecule has 0 saturated heterocycles. The van der Waals surface area contributed by atoms with Gasteiger partial charge >= 0.3 is 0 Å². The third kappa shape index (κ3) is 5.22. The van der Waals surface area contributed by atoms with Gasteiger partial charge in [0.05, 0.1) is 31.6 Å². The van der Waals surface area contributed by atoms with E-state index in [1.165, 1.54) is 12.1 Å². The number of hydrazone groups is 1. The fourth-order valence-electron chi connectivity index (χ4n) is 2.48. The Kier molecular flexibility index (Phi) is 8.17. The number of nitrogens with zero attached hydrogens (tertiary/aromatic N) is 1. The Morgan fingerprint density at radius 2 is 1.29 bits per heavy atom. The van der Waals surface area contributed by atoms with Crippen molar-refractivity contribution in [2.75, 3.05) is 19.8 Å². The number of halogens is 5. The smallest absolute Gasteiger partial charge is 0.271 e. The molecule has 0 aliphatic carbocycles. The predicted octanol–water partition coefficient (Wildman–Crippen LogP) is 4.34. The summed E-state index contributed by atoms with van der Waals surface area (Å²) in [5.74, 6) is -10.8. The average Bonchev–Trinajstić information content (AvgIpc) is 2.75. The summed E-state index contributed by atoms with van der Waals surface area (Å²) in [6, 6.07) is 2.67. The highest BCUT2D eigenvalue weighted by atomic mass is 19.2. The third-order valence-corrected chi connectivity index (χ3v) is 3.77. The molecule has 0 spiro atoms. The molecule has 2 aromatic rings. The number of benzene rings is 2. The topological polar surface area (TPSA) is 69.2 Å². The van der Waals surface area contributed by atoms with Crippen molar-refractivity contribution >= 4 is 12.1 Å². The molecular formula is C20H19F5N2O4. The summed E-state index contributed by atoms with van der Waals surface area (Å²) in [5, 5.41) is 3.29. The average molecular weight is 446 g/mol. The summed E-state index contributed by atoms with van der Waals surface area (Å²) in [4.78, 5) is 12.4. The minimum Gasteiger partial charge on any atom is -0.490 e. The Balaban J connectivity index is 2.34. The quantitative estimate of drug-likeness (QED) is 0.205. The van der Waals surface area contributed by atoms with Crippen LogP contribution in [0.4, 0.5) is 22.0 Å². The van der Waals surface area contributed by atoms with Crippen molar-refractivity contribution in [3.05, 3.63) is 52.3 Å². The van der Waals surface area contributed by atoms with E-state index in [4.69, 9.17) is 14.2 Å². The summed E-state index contributed by atoms with van der Waals surface area (Å²) >= 11 is 0. The molecule has 0 heterocycles. The number of carbonyl (C=O) groups excluding carboxylic acids is 1. The number of amides is 1. The molecule has 1 amide bonds. The van der Waals surface area contributed by atoms with Gasteiger partial charge < -0.3 is 14.2 Å². The molecule has 1 N–H and O–H groups in total. The van der Waals surface area contributed by atoms with Crippen LogP contribution < -0.4 is 19.6 Å². The van der Waals surface area contributed by atoms with Crippen LogP contribution in [0.5, 0.6) is 17.2 Å². The fraction of sp³-hybridized carbons (Fsp3) is 0.300. The zero-order chi connectivity index (χ0) is 23.1. The highest BCUT2D eigenvalue weighted by molar-refractivity contribution is 5.96. The molecule has 11 heteroatoms. The summed E-state index contributed by atoms with van der Waals surface area (Å²) in [6.07, 6.45) is 0.315. The summed E-state index contributed by atoms with van der Waals surface area (Å²) in [5.41, 5.74) is 0.645. The van der Waals surface area contributed by atoms with Crippen LogP contribution in [-0.4, -0.2) is 31.9 Å². The van der Waals surface area contributed by atoms with E-state index < -0.39 is 40.6 Å². The van der Waals surface area contributed by atoms with Gasteiger partial charge in [-0.15, -0.1) is 0 Å². The lowest BCUT2D eigenvalue weighted by Crippen LogP contribution is -2.19. The van der Waals surface area contributed by atoms with Crippen molar-refractivity contribution in [2.24, 2.45) is 5.10 Å². The van der Waals surface area contributed by atoms with Crippen LogP contribution in [0.3, 0.4) is 0 Å². The maximum absolute atomic E-state index is 13.7. The van der Waals surface area contributed by atoms with E-state index >= 15 is 0 Å². The molecule has 0 unspecified atom stereocenters. The maximum Gasteiger partial charge on any atom is 0.271 e. The van der Waals surface area contributed by atoms with Gasteiger partial charge in [0.1, 0.15) is 0 Å². The monoisotopic (exact) mass is 446 g/mol. The Bertz CT molecular complexity index is 942. The van der Waals surface area contributed by atoms with E-state index in [1.54, 1.807) is 20.8 Å². The molecule has 0 aliphatic heterocycles. The molecule has 0 aliphatic rings. The SMILES string of the molecule is CCOc1cc(C(=O)N/N=C/c2c(F)c(F)c(F)c(F)c2F)cc(OCC)c1OCC. The first-order valence-corrected chi connectivity index (χ1v) is 9.17. The molecule has 0 aromatic heterocycles. The van der Waals surface area contributed by atoms with E-state index in [9.17, 15) is 26.7 Å². The van der Waals surface area contributed by atoms with Gasteiger partial charge in [-0.1, -0.05) is 0 Å². The van der Waals surface area contributed by atoms with Crippen molar-refractivity contribution in [2.45, 2.75) is 20.8 Å². The minimum atomic E-state index is -2.29. The lowest BCUT2D eigenvalue weighted by Gasteiger charge is -2.16. The molecule has 0 atom stereocenters.